The normalized spacial score (nSPS) is 30.4. The molecule has 5 heteroatoms. The van der Waals surface area contributed by atoms with Gasteiger partial charge in [0.15, 0.2) is 0 Å². The van der Waals surface area contributed by atoms with Crippen LogP contribution in [0.25, 0.3) is 0 Å². The van der Waals surface area contributed by atoms with Gasteiger partial charge in [0.25, 0.3) is 0 Å². The molecular formula is C21H29ClN2O2. The highest BCUT2D eigenvalue weighted by atomic mass is 35.5. The van der Waals surface area contributed by atoms with Crippen molar-refractivity contribution in [3.05, 3.63) is 34.9 Å². The van der Waals surface area contributed by atoms with Gasteiger partial charge >= 0.3 is 0 Å². The zero-order chi connectivity index (χ0) is 18.1. The summed E-state index contributed by atoms with van der Waals surface area (Å²) in [5, 5.41) is 15.0. The van der Waals surface area contributed by atoms with Gasteiger partial charge in [0.05, 0.1) is 6.10 Å². The molecule has 0 radical (unpaired) electrons. The average Bonchev–Trinajstić information content (AvgIpc) is 3.00. The number of amides is 1. The molecule has 0 spiro atoms. The van der Waals surface area contributed by atoms with E-state index in [2.05, 4.69) is 5.32 Å². The largest absolute Gasteiger partial charge is 0.388 e. The number of fused-ring (bicyclic) bond motifs is 2. The Balaban J connectivity index is 1.26. The van der Waals surface area contributed by atoms with Crippen molar-refractivity contribution in [1.29, 1.82) is 0 Å². The number of benzene rings is 1. The smallest absolute Gasteiger partial charge is 0.222 e. The molecule has 1 aromatic rings. The Labute approximate surface area is 160 Å². The molecule has 1 aromatic carbocycles. The molecule has 2 bridgehead atoms. The van der Waals surface area contributed by atoms with Crippen LogP contribution in [-0.2, 0) is 4.79 Å². The van der Waals surface area contributed by atoms with Crippen molar-refractivity contribution >= 4 is 17.5 Å². The molecule has 4 nitrogen and oxygen atoms in total. The third-order valence-corrected chi connectivity index (χ3v) is 6.84. The van der Waals surface area contributed by atoms with E-state index in [1.165, 1.54) is 12.8 Å². The van der Waals surface area contributed by atoms with Crippen molar-refractivity contribution in [2.75, 3.05) is 13.1 Å². The van der Waals surface area contributed by atoms with Crippen molar-refractivity contribution in [1.82, 2.24) is 10.2 Å². The molecule has 2 N–H and O–H groups in total. The highest BCUT2D eigenvalue weighted by Crippen LogP contribution is 2.34. The minimum atomic E-state index is -0.468. The third kappa shape index (κ3) is 4.08. The van der Waals surface area contributed by atoms with Crippen LogP contribution in [0, 0.1) is 11.8 Å². The summed E-state index contributed by atoms with van der Waals surface area (Å²) >= 11 is 5.93. The minimum Gasteiger partial charge on any atom is -0.388 e. The Morgan fingerprint density at radius 1 is 1.12 bits per heavy atom. The lowest BCUT2D eigenvalue weighted by Gasteiger charge is -2.36. The van der Waals surface area contributed by atoms with Crippen LogP contribution < -0.4 is 5.32 Å². The Kier molecular flexibility index (Phi) is 5.53. The SMILES string of the molecule is O=C(CC1CC2CCC(C1)N2)N1CCC(C(O)c2ccc(Cl)cc2)CC1. The fourth-order valence-corrected chi connectivity index (χ4v) is 5.24. The standard InChI is InChI=1S/C21H29ClN2O2/c22-17-3-1-15(2-4-17)21(26)16-7-9-24(10-8-16)20(25)13-14-11-18-5-6-19(12-14)23-18/h1-4,14,16,18-19,21,23,26H,5-13H2. The molecule has 0 aromatic heterocycles. The average molecular weight is 377 g/mol. The van der Waals surface area contributed by atoms with Gasteiger partial charge in [-0.05, 0) is 68.1 Å². The molecule has 3 unspecified atom stereocenters. The van der Waals surface area contributed by atoms with Gasteiger partial charge in [-0.1, -0.05) is 23.7 Å². The van der Waals surface area contributed by atoms with Crippen molar-refractivity contribution in [2.24, 2.45) is 11.8 Å². The maximum Gasteiger partial charge on any atom is 0.222 e. The van der Waals surface area contributed by atoms with E-state index in [1.54, 1.807) is 0 Å². The molecule has 3 aliphatic rings. The highest BCUT2D eigenvalue weighted by Gasteiger charge is 2.35. The molecule has 0 aliphatic carbocycles. The minimum absolute atomic E-state index is 0.218. The summed E-state index contributed by atoms with van der Waals surface area (Å²) in [7, 11) is 0. The number of likely N-dealkylation sites (tertiary alicyclic amines) is 1. The number of nitrogens with zero attached hydrogens (tertiary/aromatic N) is 1. The van der Waals surface area contributed by atoms with E-state index >= 15 is 0 Å². The Hall–Kier alpha value is -1.10. The highest BCUT2D eigenvalue weighted by molar-refractivity contribution is 6.30. The second kappa shape index (κ2) is 7.87. The van der Waals surface area contributed by atoms with Crippen molar-refractivity contribution in [3.8, 4) is 0 Å². The van der Waals surface area contributed by atoms with Crippen LogP contribution in [0.4, 0.5) is 0 Å². The van der Waals surface area contributed by atoms with E-state index in [9.17, 15) is 9.90 Å². The molecule has 3 fully saturated rings. The zero-order valence-electron chi connectivity index (χ0n) is 15.2. The first kappa shape index (κ1) is 18.3. The summed E-state index contributed by atoms with van der Waals surface area (Å²) in [5.74, 6) is 1.09. The van der Waals surface area contributed by atoms with Gasteiger partial charge in [0.1, 0.15) is 0 Å². The number of nitrogens with one attached hydrogen (secondary N) is 1. The third-order valence-electron chi connectivity index (χ3n) is 6.58. The fraction of sp³-hybridized carbons (Fsp3) is 0.667. The number of carbonyl (C=O) groups excluding carboxylic acids is 1. The summed E-state index contributed by atoms with van der Waals surface area (Å²) in [6.45, 7) is 1.54. The lowest BCUT2D eigenvalue weighted by Crippen LogP contribution is -2.43. The molecule has 142 valence electrons. The molecule has 1 amide bonds. The monoisotopic (exact) mass is 376 g/mol. The van der Waals surface area contributed by atoms with Crippen LogP contribution in [-0.4, -0.2) is 41.1 Å². The number of hydrogen-bond donors (Lipinski definition) is 2. The maximum absolute atomic E-state index is 12.7. The quantitative estimate of drug-likeness (QED) is 0.845. The second-order valence-electron chi connectivity index (χ2n) is 8.39. The van der Waals surface area contributed by atoms with Crippen molar-refractivity contribution < 1.29 is 9.90 Å². The van der Waals surface area contributed by atoms with E-state index in [4.69, 9.17) is 11.6 Å². The van der Waals surface area contributed by atoms with E-state index in [1.807, 2.05) is 29.2 Å². The Morgan fingerprint density at radius 2 is 1.73 bits per heavy atom. The number of aliphatic hydroxyl groups is 1. The van der Waals surface area contributed by atoms with Crippen LogP contribution in [0.1, 0.15) is 56.6 Å². The van der Waals surface area contributed by atoms with Crippen LogP contribution >= 0.6 is 11.6 Å². The number of carbonyl (C=O) groups is 1. The molecule has 0 saturated carbocycles. The van der Waals surface area contributed by atoms with Gasteiger partial charge in [-0.25, -0.2) is 0 Å². The molecule has 26 heavy (non-hydrogen) atoms. The number of piperidine rings is 2. The summed E-state index contributed by atoms with van der Waals surface area (Å²) in [6.07, 6.45) is 6.86. The zero-order valence-corrected chi connectivity index (χ0v) is 16.0. The summed E-state index contributed by atoms with van der Waals surface area (Å²) in [6, 6.07) is 8.74. The number of aliphatic hydroxyl groups excluding tert-OH is 1. The molecule has 3 atom stereocenters. The molecule has 3 aliphatic heterocycles. The molecule has 3 saturated heterocycles. The molecular weight excluding hydrogens is 348 g/mol. The summed E-state index contributed by atoms with van der Waals surface area (Å²) in [4.78, 5) is 14.7. The van der Waals surface area contributed by atoms with Gasteiger partial charge in [0.2, 0.25) is 5.91 Å². The number of rotatable bonds is 4. The summed E-state index contributed by atoms with van der Waals surface area (Å²) in [5.41, 5.74) is 0.921. The summed E-state index contributed by atoms with van der Waals surface area (Å²) < 4.78 is 0. The van der Waals surface area contributed by atoms with Crippen molar-refractivity contribution in [2.45, 2.75) is 63.1 Å². The van der Waals surface area contributed by atoms with Crippen LogP contribution in [0.3, 0.4) is 0 Å². The Morgan fingerprint density at radius 3 is 2.35 bits per heavy atom. The van der Waals surface area contributed by atoms with Crippen LogP contribution in [0.15, 0.2) is 24.3 Å². The van der Waals surface area contributed by atoms with Gasteiger partial charge in [-0.15, -0.1) is 0 Å². The first-order valence-corrected chi connectivity index (χ1v) is 10.4. The predicted molar refractivity (Wildman–Crippen MR) is 103 cm³/mol. The Bertz CT molecular complexity index is 615. The van der Waals surface area contributed by atoms with Gasteiger partial charge in [-0.3, -0.25) is 4.79 Å². The van der Waals surface area contributed by atoms with Gasteiger partial charge in [-0.2, -0.15) is 0 Å². The number of halogens is 1. The number of hydrogen-bond acceptors (Lipinski definition) is 3. The van der Waals surface area contributed by atoms with Crippen LogP contribution in [0.2, 0.25) is 5.02 Å². The van der Waals surface area contributed by atoms with Gasteiger partial charge < -0.3 is 15.3 Å². The molecule has 4 rings (SSSR count). The first-order chi connectivity index (χ1) is 12.6. The van der Waals surface area contributed by atoms with E-state index in [0.717, 1.165) is 44.3 Å². The van der Waals surface area contributed by atoms with E-state index in [-0.39, 0.29) is 5.92 Å². The van der Waals surface area contributed by atoms with E-state index < -0.39 is 6.10 Å². The fourth-order valence-electron chi connectivity index (χ4n) is 5.11. The topological polar surface area (TPSA) is 52.6 Å². The van der Waals surface area contributed by atoms with E-state index in [0.29, 0.717) is 35.4 Å². The predicted octanol–water partition coefficient (Wildman–Crippen LogP) is 3.53. The van der Waals surface area contributed by atoms with Crippen molar-refractivity contribution in [3.63, 3.8) is 0 Å². The van der Waals surface area contributed by atoms with Crippen LogP contribution in [0.5, 0.6) is 0 Å². The second-order valence-corrected chi connectivity index (χ2v) is 8.83. The first-order valence-electron chi connectivity index (χ1n) is 10.1. The lowest BCUT2D eigenvalue weighted by molar-refractivity contribution is -0.134. The maximum atomic E-state index is 12.7. The molecule has 3 heterocycles. The van der Waals surface area contributed by atoms with Gasteiger partial charge in [0, 0.05) is 36.6 Å². The lowest BCUT2D eigenvalue weighted by atomic mass is 9.86.